The fourth-order valence-electron chi connectivity index (χ4n) is 0.929. The maximum absolute atomic E-state index is 10.6. The Morgan fingerprint density at radius 1 is 1.38 bits per heavy atom. The van der Waals surface area contributed by atoms with Crippen LogP contribution in [0.2, 0.25) is 0 Å². The molecule has 1 amide bonds. The van der Waals surface area contributed by atoms with Gasteiger partial charge in [-0.3, -0.25) is 4.79 Å². The van der Waals surface area contributed by atoms with Crippen LogP contribution in [0.1, 0.15) is 20.3 Å². The molecule has 0 spiro atoms. The molecule has 5 nitrogen and oxygen atoms in total. The van der Waals surface area contributed by atoms with E-state index in [1.54, 1.807) is 0 Å². The molecule has 0 saturated heterocycles. The maximum atomic E-state index is 10.6. The van der Waals surface area contributed by atoms with Crippen molar-refractivity contribution in [1.29, 1.82) is 0 Å². The lowest BCUT2D eigenvalue weighted by Crippen LogP contribution is -2.42. The Hall–Kier alpha value is -1.10. The van der Waals surface area contributed by atoms with Gasteiger partial charge in [0.25, 0.3) is 0 Å². The summed E-state index contributed by atoms with van der Waals surface area (Å²) >= 11 is 0. The minimum atomic E-state index is -1.10. The van der Waals surface area contributed by atoms with Crippen molar-refractivity contribution in [2.45, 2.75) is 26.3 Å². The standard InChI is InChI=1S/C8H14NO4/c1-5(2)3-6(8(12)13)9-7(11)4-10/h5-6H,3-4H2,1-2H3,(H,9,11)(H,12,13). The Bertz CT molecular complexity index is 191. The number of carbonyl (C=O) groups is 2. The number of carboxylic acid groups (broad SMARTS) is 1. The van der Waals surface area contributed by atoms with Crippen molar-refractivity contribution in [3.8, 4) is 0 Å². The number of aliphatic carboxylic acids is 1. The molecule has 5 heteroatoms. The summed E-state index contributed by atoms with van der Waals surface area (Å²) in [6.07, 6.45) is 0.334. The molecule has 0 aromatic carbocycles. The van der Waals surface area contributed by atoms with Crippen LogP contribution < -0.4 is 5.32 Å². The molecule has 2 N–H and O–H groups in total. The first-order chi connectivity index (χ1) is 5.97. The van der Waals surface area contributed by atoms with Crippen LogP contribution in [-0.4, -0.2) is 29.6 Å². The van der Waals surface area contributed by atoms with Crippen molar-refractivity contribution in [3.05, 3.63) is 0 Å². The van der Waals surface area contributed by atoms with Crippen molar-refractivity contribution in [2.75, 3.05) is 6.61 Å². The van der Waals surface area contributed by atoms with Gasteiger partial charge in [-0.25, -0.2) is 9.90 Å². The molecule has 0 rings (SSSR count). The first kappa shape index (κ1) is 11.9. The van der Waals surface area contributed by atoms with Crippen LogP contribution in [0, 0.1) is 5.92 Å². The Morgan fingerprint density at radius 3 is 2.23 bits per heavy atom. The fraction of sp³-hybridized carbons (Fsp3) is 0.750. The second-order valence-electron chi connectivity index (χ2n) is 3.23. The van der Waals surface area contributed by atoms with Gasteiger partial charge in [0.1, 0.15) is 6.04 Å². The van der Waals surface area contributed by atoms with E-state index in [1.165, 1.54) is 0 Å². The molecule has 0 heterocycles. The molecule has 0 aromatic heterocycles. The third-order valence-electron chi connectivity index (χ3n) is 1.47. The summed E-state index contributed by atoms with van der Waals surface area (Å²) in [5.41, 5.74) is 0. The molecule has 0 fully saturated rings. The SMILES string of the molecule is CC(C)CC(NC(=O)C[O])C(=O)O. The van der Waals surface area contributed by atoms with Crippen LogP contribution in [0.25, 0.3) is 0 Å². The van der Waals surface area contributed by atoms with Crippen molar-refractivity contribution < 1.29 is 19.8 Å². The molecule has 0 aliphatic heterocycles. The summed E-state index contributed by atoms with van der Waals surface area (Å²) in [5.74, 6) is -1.71. The van der Waals surface area contributed by atoms with Crippen molar-refractivity contribution in [2.24, 2.45) is 5.92 Å². The highest BCUT2D eigenvalue weighted by molar-refractivity contribution is 5.83. The molecule has 1 unspecified atom stereocenters. The van der Waals surface area contributed by atoms with E-state index in [2.05, 4.69) is 5.32 Å². The first-order valence-electron chi connectivity index (χ1n) is 4.07. The number of hydrogen-bond acceptors (Lipinski definition) is 2. The molecule has 1 atom stereocenters. The molecule has 0 aliphatic rings. The van der Waals surface area contributed by atoms with Gasteiger partial charge in [-0.2, -0.15) is 0 Å². The zero-order chi connectivity index (χ0) is 10.4. The molecule has 0 aliphatic carbocycles. The number of nitrogens with one attached hydrogen (secondary N) is 1. The quantitative estimate of drug-likeness (QED) is 0.638. The minimum Gasteiger partial charge on any atom is -0.480 e. The van der Waals surface area contributed by atoms with Crippen LogP contribution in [0.5, 0.6) is 0 Å². The highest BCUT2D eigenvalue weighted by Gasteiger charge is 2.20. The average molecular weight is 188 g/mol. The van der Waals surface area contributed by atoms with E-state index < -0.39 is 24.5 Å². The molecule has 13 heavy (non-hydrogen) atoms. The highest BCUT2D eigenvalue weighted by atomic mass is 16.4. The van der Waals surface area contributed by atoms with E-state index in [1.807, 2.05) is 13.8 Å². The van der Waals surface area contributed by atoms with E-state index in [-0.39, 0.29) is 5.92 Å². The average Bonchev–Trinajstić information content (AvgIpc) is 2.02. The zero-order valence-electron chi connectivity index (χ0n) is 7.74. The predicted octanol–water partition coefficient (Wildman–Crippen LogP) is 0.0324. The summed E-state index contributed by atoms with van der Waals surface area (Å²) in [6, 6.07) is -0.943. The monoisotopic (exact) mass is 188 g/mol. The van der Waals surface area contributed by atoms with Gasteiger partial charge in [-0.1, -0.05) is 13.8 Å². The molecule has 0 aromatic rings. The molecular weight excluding hydrogens is 174 g/mol. The molecule has 0 saturated carbocycles. The zero-order valence-corrected chi connectivity index (χ0v) is 7.74. The van der Waals surface area contributed by atoms with E-state index >= 15 is 0 Å². The van der Waals surface area contributed by atoms with Crippen molar-refractivity contribution >= 4 is 11.9 Å². The van der Waals surface area contributed by atoms with Gasteiger partial charge in [-0.05, 0) is 12.3 Å². The molecule has 0 bridgehead atoms. The number of rotatable bonds is 5. The summed E-state index contributed by atoms with van der Waals surface area (Å²) in [5, 5.41) is 20.9. The van der Waals surface area contributed by atoms with Crippen LogP contribution in [0.3, 0.4) is 0 Å². The smallest absolute Gasteiger partial charge is 0.326 e. The van der Waals surface area contributed by atoms with Crippen LogP contribution in [-0.2, 0) is 14.7 Å². The van der Waals surface area contributed by atoms with Gasteiger partial charge in [0.2, 0.25) is 5.91 Å². The summed E-state index contributed by atoms with van der Waals surface area (Å²) in [4.78, 5) is 21.2. The normalized spacial score (nSPS) is 12.6. The Labute approximate surface area is 76.8 Å². The topological polar surface area (TPSA) is 86.3 Å². The number of amides is 1. The second-order valence-corrected chi connectivity index (χ2v) is 3.23. The van der Waals surface area contributed by atoms with Gasteiger partial charge in [-0.15, -0.1) is 0 Å². The van der Waals surface area contributed by atoms with E-state index in [9.17, 15) is 14.7 Å². The Balaban J connectivity index is 4.10. The van der Waals surface area contributed by atoms with Crippen molar-refractivity contribution in [3.63, 3.8) is 0 Å². The lowest BCUT2D eigenvalue weighted by atomic mass is 10.0. The third kappa shape index (κ3) is 5.19. The van der Waals surface area contributed by atoms with E-state index in [4.69, 9.17) is 5.11 Å². The van der Waals surface area contributed by atoms with Crippen LogP contribution in [0.15, 0.2) is 0 Å². The van der Waals surface area contributed by atoms with Gasteiger partial charge in [0.05, 0.1) is 0 Å². The lowest BCUT2D eigenvalue weighted by Gasteiger charge is -2.15. The van der Waals surface area contributed by atoms with Crippen molar-refractivity contribution in [1.82, 2.24) is 5.32 Å². The number of hydrogen-bond donors (Lipinski definition) is 2. The molecular formula is C8H14NO4. The van der Waals surface area contributed by atoms with E-state index in [0.717, 1.165) is 0 Å². The first-order valence-corrected chi connectivity index (χ1v) is 4.07. The minimum absolute atomic E-state index is 0.160. The third-order valence-corrected chi connectivity index (χ3v) is 1.47. The molecule has 75 valence electrons. The maximum Gasteiger partial charge on any atom is 0.326 e. The predicted molar refractivity (Wildman–Crippen MR) is 44.6 cm³/mol. The highest BCUT2D eigenvalue weighted by Crippen LogP contribution is 2.04. The lowest BCUT2D eigenvalue weighted by molar-refractivity contribution is -0.143. The van der Waals surface area contributed by atoms with Gasteiger partial charge < -0.3 is 10.4 Å². The fourth-order valence-corrected chi connectivity index (χ4v) is 0.929. The summed E-state index contributed by atoms with van der Waals surface area (Å²) in [7, 11) is 0. The summed E-state index contributed by atoms with van der Waals surface area (Å²) < 4.78 is 0. The van der Waals surface area contributed by atoms with Crippen LogP contribution >= 0.6 is 0 Å². The van der Waals surface area contributed by atoms with Gasteiger partial charge in [0, 0.05) is 0 Å². The van der Waals surface area contributed by atoms with Gasteiger partial charge >= 0.3 is 5.97 Å². The Kier molecular flexibility index (Phi) is 5.06. The number of carboxylic acids is 1. The summed E-state index contributed by atoms with van der Waals surface area (Å²) in [6.45, 7) is 2.76. The molecule has 1 radical (unpaired) electrons. The van der Waals surface area contributed by atoms with Crippen LogP contribution in [0.4, 0.5) is 0 Å². The second kappa shape index (κ2) is 5.53. The van der Waals surface area contributed by atoms with Gasteiger partial charge in [0.15, 0.2) is 6.61 Å². The van der Waals surface area contributed by atoms with E-state index in [0.29, 0.717) is 6.42 Å². The largest absolute Gasteiger partial charge is 0.480 e. The number of carbonyl (C=O) groups excluding carboxylic acids is 1. The Morgan fingerprint density at radius 2 is 1.92 bits per heavy atom.